The maximum atomic E-state index is 10.9. The molecule has 0 amide bonds. The molecule has 88 valence electrons. The highest BCUT2D eigenvalue weighted by Gasteiger charge is 2.31. The van der Waals surface area contributed by atoms with Crippen molar-refractivity contribution < 1.29 is 9.90 Å². The minimum Gasteiger partial charge on any atom is -0.481 e. The zero-order valence-corrected chi connectivity index (χ0v) is 11.3. The molecule has 0 aliphatic heterocycles. The predicted octanol–water partition coefficient (Wildman–Crippen LogP) is 2.70. The Hall–Kier alpha value is -0.870. The molecule has 16 heavy (non-hydrogen) atoms. The highest BCUT2D eigenvalue weighted by Crippen LogP contribution is 2.30. The van der Waals surface area contributed by atoms with Gasteiger partial charge in [0.2, 0.25) is 0 Å². The Balaban J connectivity index is 3.10. The van der Waals surface area contributed by atoms with E-state index in [0.717, 1.165) is 10.0 Å². The third kappa shape index (κ3) is 2.83. The lowest BCUT2D eigenvalue weighted by Gasteiger charge is -2.35. The summed E-state index contributed by atoms with van der Waals surface area (Å²) in [5, 5.41) is 8.98. The molecule has 1 aromatic rings. The summed E-state index contributed by atoms with van der Waals surface area (Å²) >= 11 is 3.37. The summed E-state index contributed by atoms with van der Waals surface area (Å²) in [6.07, 6.45) is 0.0850. The minimum absolute atomic E-state index is 0.0850. The van der Waals surface area contributed by atoms with E-state index >= 15 is 0 Å². The standard InChI is InChI=1S/C12H16BrNO2/c1-12(14(2)3,8-11(15)16)9-4-6-10(13)7-5-9/h4-7H,8H2,1-3H3,(H,15,16). The number of rotatable bonds is 4. The number of halogens is 1. The van der Waals surface area contributed by atoms with E-state index in [2.05, 4.69) is 15.9 Å². The van der Waals surface area contributed by atoms with Gasteiger partial charge in [-0.05, 0) is 38.7 Å². The van der Waals surface area contributed by atoms with Crippen LogP contribution in [0.15, 0.2) is 28.7 Å². The molecule has 0 bridgehead atoms. The van der Waals surface area contributed by atoms with E-state index in [1.54, 1.807) is 0 Å². The Labute approximate surface area is 104 Å². The van der Waals surface area contributed by atoms with Crippen LogP contribution in [0.25, 0.3) is 0 Å². The SMILES string of the molecule is CN(C)C(C)(CC(=O)O)c1ccc(Br)cc1. The number of carboxylic acids is 1. The maximum Gasteiger partial charge on any atom is 0.305 e. The van der Waals surface area contributed by atoms with Crippen LogP contribution in [0.3, 0.4) is 0 Å². The molecule has 0 saturated carbocycles. The van der Waals surface area contributed by atoms with Crippen molar-refractivity contribution in [2.75, 3.05) is 14.1 Å². The topological polar surface area (TPSA) is 40.5 Å². The monoisotopic (exact) mass is 285 g/mol. The molecule has 1 atom stereocenters. The van der Waals surface area contributed by atoms with Crippen LogP contribution in [0.5, 0.6) is 0 Å². The van der Waals surface area contributed by atoms with Crippen LogP contribution in [0.1, 0.15) is 18.9 Å². The van der Waals surface area contributed by atoms with E-state index in [9.17, 15) is 4.79 Å². The van der Waals surface area contributed by atoms with Crippen molar-refractivity contribution in [1.82, 2.24) is 4.90 Å². The number of nitrogens with zero attached hydrogens (tertiary/aromatic N) is 1. The summed E-state index contributed by atoms with van der Waals surface area (Å²) in [7, 11) is 3.79. The maximum absolute atomic E-state index is 10.9. The molecule has 0 aromatic heterocycles. The molecule has 1 N–H and O–H groups in total. The molecule has 0 spiro atoms. The number of hydrogen-bond acceptors (Lipinski definition) is 2. The Kier molecular flexibility index (Phi) is 4.10. The van der Waals surface area contributed by atoms with E-state index in [-0.39, 0.29) is 6.42 Å². The first-order valence-electron chi connectivity index (χ1n) is 5.01. The fourth-order valence-electron chi connectivity index (χ4n) is 1.62. The molecular weight excluding hydrogens is 270 g/mol. The minimum atomic E-state index is -0.792. The fourth-order valence-corrected chi connectivity index (χ4v) is 1.89. The van der Waals surface area contributed by atoms with Crippen LogP contribution in [-0.2, 0) is 10.3 Å². The molecule has 1 rings (SSSR count). The Morgan fingerprint density at radius 3 is 2.25 bits per heavy atom. The molecule has 1 aromatic carbocycles. The van der Waals surface area contributed by atoms with Gasteiger partial charge in [-0.1, -0.05) is 28.1 Å². The van der Waals surface area contributed by atoms with Gasteiger partial charge in [-0.3, -0.25) is 9.69 Å². The van der Waals surface area contributed by atoms with E-state index < -0.39 is 11.5 Å². The molecular formula is C12H16BrNO2. The largest absolute Gasteiger partial charge is 0.481 e. The average Bonchev–Trinajstić information content (AvgIpc) is 2.17. The van der Waals surface area contributed by atoms with Gasteiger partial charge < -0.3 is 5.11 Å². The Bertz CT molecular complexity index is 375. The molecule has 0 aliphatic rings. The van der Waals surface area contributed by atoms with Gasteiger partial charge in [-0.2, -0.15) is 0 Å². The van der Waals surface area contributed by atoms with E-state index in [1.165, 1.54) is 0 Å². The molecule has 4 heteroatoms. The van der Waals surface area contributed by atoms with Gasteiger partial charge in [-0.25, -0.2) is 0 Å². The molecule has 1 unspecified atom stereocenters. The molecule has 0 heterocycles. The third-order valence-electron chi connectivity index (χ3n) is 2.95. The lowest BCUT2D eigenvalue weighted by atomic mass is 9.87. The van der Waals surface area contributed by atoms with Crippen LogP contribution in [0, 0.1) is 0 Å². The van der Waals surface area contributed by atoms with Crippen LogP contribution in [-0.4, -0.2) is 30.1 Å². The summed E-state index contributed by atoms with van der Waals surface area (Å²) in [5.41, 5.74) is 0.523. The second-order valence-electron chi connectivity index (χ2n) is 4.25. The second kappa shape index (κ2) is 4.97. The smallest absolute Gasteiger partial charge is 0.305 e. The number of benzene rings is 1. The van der Waals surface area contributed by atoms with Gasteiger partial charge >= 0.3 is 5.97 Å². The highest BCUT2D eigenvalue weighted by atomic mass is 79.9. The number of aliphatic carboxylic acids is 1. The summed E-state index contributed by atoms with van der Waals surface area (Å²) in [6, 6.07) is 7.76. The summed E-state index contributed by atoms with van der Waals surface area (Å²) in [5.74, 6) is -0.792. The molecule has 0 fully saturated rings. The van der Waals surface area contributed by atoms with Crippen LogP contribution in [0.4, 0.5) is 0 Å². The van der Waals surface area contributed by atoms with Crippen LogP contribution >= 0.6 is 15.9 Å². The number of carboxylic acid groups (broad SMARTS) is 1. The first kappa shape index (κ1) is 13.2. The van der Waals surface area contributed by atoms with Gasteiger partial charge in [0.25, 0.3) is 0 Å². The van der Waals surface area contributed by atoms with Gasteiger partial charge in [0.1, 0.15) is 0 Å². The number of carbonyl (C=O) groups is 1. The lowest BCUT2D eigenvalue weighted by Crippen LogP contribution is -2.40. The normalized spacial score (nSPS) is 14.8. The Morgan fingerprint density at radius 2 is 1.88 bits per heavy atom. The van der Waals surface area contributed by atoms with Gasteiger partial charge in [0.05, 0.1) is 12.0 Å². The number of hydrogen-bond donors (Lipinski definition) is 1. The quantitative estimate of drug-likeness (QED) is 0.925. The van der Waals surface area contributed by atoms with Crippen LogP contribution in [0.2, 0.25) is 0 Å². The van der Waals surface area contributed by atoms with Crippen molar-refractivity contribution in [2.24, 2.45) is 0 Å². The molecule has 0 saturated heterocycles. The first-order valence-corrected chi connectivity index (χ1v) is 5.81. The van der Waals surface area contributed by atoms with Crippen molar-refractivity contribution >= 4 is 21.9 Å². The predicted molar refractivity (Wildman–Crippen MR) is 67.4 cm³/mol. The van der Waals surface area contributed by atoms with Crippen molar-refractivity contribution in [3.8, 4) is 0 Å². The zero-order valence-electron chi connectivity index (χ0n) is 9.70. The van der Waals surface area contributed by atoms with E-state index in [1.807, 2.05) is 50.2 Å². The summed E-state index contributed by atoms with van der Waals surface area (Å²) in [4.78, 5) is 12.9. The summed E-state index contributed by atoms with van der Waals surface area (Å²) in [6.45, 7) is 1.93. The van der Waals surface area contributed by atoms with E-state index in [4.69, 9.17) is 5.11 Å². The molecule has 0 aliphatic carbocycles. The summed E-state index contributed by atoms with van der Waals surface area (Å²) < 4.78 is 0.993. The van der Waals surface area contributed by atoms with E-state index in [0.29, 0.717) is 0 Å². The lowest BCUT2D eigenvalue weighted by molar-refractivity contribution is -0.140. The van der Waals surface area contributed by atoms with Crippen molar-refractivity contribution in [1.29, 1.82) is 0 Å². The highest BCUT2D eigenvalue weighted by molar-refractivity contribution is 9.10. The molecule has 3 nitrogen and oxygen atoms in total. The van der Waals surface area contributed by atoms with Gasteiger partial charge in [-0.15, -0.1) is 0 Å². The fraction of sp³-hybridized carbons (Fsp3) is 0.417. The van der Waals surface area contributed by atoms with Gasteiger partial charge in [0.15, 0.2) is 0 Å². The van der Waals surface area contributed by atoms with Crippen molar-refractivity contribution in [3.63, 3.8) is 0 Å². The third-order valence-corrected chi connectivity index (χ3v) is 3.48. The average molecular weight is 286 g/mol. The zero-order chi connectivity index (χ0) is 12.3. The Morgan fingerprint density at radius 1 is 1.38 bits per heavy atom. The van der Waals surface area contributed by atoms with Crippen molar-refractivity contribution in [2.45, 2.75) is 18.9 Å². The van der Waals surface area contributed by atoms with Gasteiger partial charge in [0, 0.05) is 4.47 Å². The second-order valence-corrected chi connectivity index (χ2v) is 5.16. The molecule has 0 radical (unpaired) electrons. The first-order chi connectivity index (χ1) is 7.36. The van der Waals surface area contributed by atoms with Crippen molar-refractivity contribution in [3.05, 3.63) is 34.3 Å². The van der Waals surface area contributed by atoms with Crippen LogP contribution < -0.4 is 0 Å².